The van der Waals surface area contributed by atoms with E-state index in [0.29, 0.717) is 12.3 Å². The fourth-order valence-electron chi connectivity index (χ4n) is 1.37. The van der Waals surface area contributed by atoms with E-state index in [1.165, 1.54) is 5.56 Å². The minimum Gasteiger partial charge on any atom is -0.299 e. The Hall–Kier alpha value is -1.96. The highest BCUT2D eigenvalue weighted by Crippen LogP contribution is 2.03. The Morgan fingerprint density at radius 1 is 1.00 bits per heavy atom. The van der Waals surface area contributed by atoms with Crippen LogP contribution in [0, 0.1) is 5.41 Å². The van der Waals surface area contributed by atoms with Crippen molar-refractivity contribution in [3.05, 3.63) is 60.2 Å². The van der Waals surface area contributed by atoms with Gasteiger partial charge in [0.2, 0.25) is 0 Å². The Kier molecular flexibility index (Phi) is 2.88. The van der Waals surface area contributed by atoms with E-state index < -0.39 is 0 Å². The number of hydrogen-bond donors (Lipinski definition) is 1. The third-order valence-corrected chi connectivity index (χ3v) is 2.18. The fourth-order valence-corrected chi connectivity index (χ4v) is 1.37. The summed E-state index contributed by atoms with van der Waals surface area (Å²) in [5.74, 6) is 0. The standard InChI is InChI=1S/C13H12N2/c14-12-8-4-5-9-13(12)15-10-11-6-2-1-3-7-11/h1-9,14H,10H2. The maximum Gasteiger partial charge on any atom is 0.0827 e. The van der Waals surface area contributed by atoms with Crippen molar-refractivity contribution >= 4 is 11.4 Å². The number of rotatable bonds is 2. The molecule has 0 spiro atoms. The van der Waals surface area contributed by atoms with Crippen LogP contribution >= 0.6 is 0 Å². The van der Waals surface area contributed by atoms with E-state index in [2.05, 4.69) is 4.99 Å². The highest BCUT2D eigenvalue weighted by Gasteiger charge is 2.02. The maximum atomic E-state index is 7.64. The van der Waals surface area contributed by atoms with Crippen LogP contribution in [0.4, 0.5) is 0 Å². The van der Waals surface area contributed by atoms with Crippen molar-refractivity contribution < 1.29 is 0 Å². The van der Waals surface area contributed by atoms with E-state index in [0.717, 1.165) is 5.71 Å². The van der Waals surface area contributed by atoms with E-state index in [1.54, 1.807) is 6.08 Å². The van der Waals surface area contributed by atoms with Gasteiger partial charge < -0.3 is 0 Å². The summed E-state index contributed by atoms with van der Waals surface area (Å²) in [6, 6.07) is 10.1. The van der Waals surface area contributed by atoms with Crippen LogP contribution in [0.1, 0.15) is 5.56 Å². The van der Waals surface area contributed by atoms with Gasteiger partial charge in [0.1, 0.15) is 0 Å². The van der Waals surface area contributed by atoms with Gasteiger partial charge in [0, 0.05) is 0 Å². The second-order valence-electron chi connectivity index (χ2n) is 3.32. The van der Waals surface area contributed by atoms with Gasteiger partial charge in [0.25, 0.3) is 0 Å². The average Bonchev–Trinajstić information content (AvgIpc) is 2.29. The topological polar surface area (TPSA) is 36.2 Å². The molecule has 0 radical (unpaired) electrons. The molecule has 1 N–H and O–H groups in total. The molecule has 0 unspecified atom stereocenters. The van der Waals surface area contributed by atoms with Crippen LogP contribution in [0.15, 0.2) is 59.6 Å². The third-order valence-electron chi connectivity index (χ3n) is 2.18. The zero-order chi connectivity index (χ0) is 10.5. The van der Waals surface area contributed by atoms with Crippen LogP contribution in [-0.2, 0) is 6.54 Å². The van der Waals surface area contributed by atoms with Crippen LogP contribution in [0.5, 0.6) is 0 Å². The molecule has 2 heteroatoms. The molecule has 15 heavy (non-hydrogen) atoms. The predicted octanol–water partition coefficient (Wildman–Crippen LogP) is 2.77. The zero-order valence-corrected chi connectivity index (χ0v) is 8.35. The summed E-state index contributed by atoms with van der Waals surface area (Å²) < 4.78 is 0. The van der Waals surface area contributed by atoms with E-state index in [-0.39, 0.29) is 0 Å². The smallest absolute Gasteiger partial charge is 0.0827 e. The molecule has 0 heterocycles. The summed E-state index contributed by atoms with van der Waals surface area (Å²) in [5.41, 5.74) is 2.40. The molecule has 1 aromatic carbocycles. The number of benzene rings is 1. The number of aliphatic imine (C=N–C) groups is 1. The van der Waals surface area contributed by atoms with E-state index in [9.17, 15) is 0 Å². The van der Waals surface area contributed by atoms with Crippen LogP contribution in [0.2, 0.25) is 0 Å². The second-order valence-corrected chi connectivity index (χ2v) is 3.32. The van der Waals surface area contributed by atoms with Gasteiger partial charge in [-0.05, 0) is 17.7 Å². The lowest BCUT2D eigenvalue weighted by Gasteiger charge is -2.03. The normalized spacial score (nSPS) is 17.3. The quantitative estimate of drug-likeness (QED) is 0.706. The first-order chi connectivity index (χ1) is 7.36. The fraction of sp³-hybridized carbons (Fsp3) is 0.0769. The van der Waals surface area contributed by atoms with E-state index >= 15 is 0 Å². The Bertz CT molecular complexity index is 439. The SMILES string of the molecule is N=C1C=CC=CC1=NCc1ccccc1. The van der Waals surface area contributed by atoms with Gasteiger partial charge in [-0.2, -0.15) is 0 Å². The largest absolute Gasteiger partial charge is 0.299 e. The minimum atomic E-state index is 0.480. The molecule has 0 bridgehead atoms. The number of nitrogens with zero attached hydrogens (tertiary/aromatic N) is 1. The summed E-state index contributed by atoms with van der Waals surface area (Å²) >= 11 is 0. The van der Waals surface area contributed by atoms with Crippen LogP contribution in [0.25, 0.3) is 0 Å². The van der Waals surface area contributed by atoms with Gasteiger partial charge in [-0.25, -0.2) is 0 Å². The van der Waals surface area contributed by atoms with Gasteiger partial charge in [-0.1, -0.05) is 42.5 Å². The molecule has 74 valence electrons. The second kappa shape index (κ2) is 4.51. The van der Waals surface area contributed by atoms with Gasteiger partial charge >= 0.3 is 0 Å². The highest BCUT2D eigenvalue weighted by atomic mass is 14.7. The van der Waals surface area contributed by atoms with Crippen molar-refractivity contribution in [3.8, 4) is 0 Å². The molecule has 1 aromatic rings. The lowest BCUT2D eigenvalue weighted by molar-refractivity contribution is 1.07. The minimum absolute atomic E-state index is 0.480. The first-order valence-electron chi connectivity index (χ1n) is 4.88. The van der Waals surface area contributed by atoms with E-state index in [4.69, 9.17) is 5.41 Å². The van der Waals surface area contributed by atoms with Crippen molar-refractivity contribution in [2.45, 2.75) is 6.54 Å². The first kappa shape index (κ1) is 9.59. The van der Waals surface area contributed by atoms with Gasteiger partial charge in [0.15, 0.2) is 0 Å². The highest BCUT2D eigenvalue weighted by molar-refractivity contribution is 6.49. The Labute approximate surface area is 89.2 Å². The molecule has 0 amide bonds. The van der Waals surface area contributed by atoms with Gasteiger partial charge in [-0.3, -0.25) is 10.4 Å². The van der Waals surface area contributed by atoms with Crippen LogP contribution < -0.4 is 0 Å². The van der Waals surface area contributed by atoms with Crippen LogP contribution in [-0.4, -0.2) is 11.4 Å². The lowest BCUT2D eigenvalue weighted by Crippen LogP contribution is -2.09. The molecule has 2 nitrogen and oxygen atoms in total. The molecular weight excluding hydrogens is 184 g/mol. The van der Waals surface area contributed by atoms with Crippen molar-refractivity contribution in [3.63, 3.8) is 0 Å². The number of allylic oxidation sites excluding steroid dienone is 4. The Morgan fingerprint density at radius 3 is 2.47 bits per heavy atom. The van der Waals surface area contributed by atoms with E-state index in [1.807, 2.05) is 48.6 Å². The third kappa shape index (κ3) is 2.50. The first-order valence-corrected chi connectivity index (χ1v) is 4.88. The molecule has 0 aromatic heterocycles. The predicted molar refractivity (Wildman–Crippen MR) is 63.6 cm³/mol. The zero-order valence-electron chi connectivity index (χ0n) is 8.35. The number of nitrogens with one attached hydrogen (secondary N) is 1. The molecule has 2 rings (SSSR count). The molecular formula is C13H12N2. The van der Waals surface area contributed by atoms with Gasteiger partial charge in [0.05, 0.1) is 18.0 Å². The Morgan fingerprint density at radius 2 is 1.73 bits per heavy atom. The summed E-state index contributed by atoms with van der Waals surface area (Å²) in [6.07, 6.45) is 7.38. The molecule has 1 aliphatic rings. The van der Waals surface area contributed by atoms with Crippen molar-refractivity contribution in [2.75, 3.05) is 0 Å². The average molecular weight is 196 g/mol. The van der Waals surface area contributed by atoms with Gasteiger partial charge in [-0.15, -0.1) is 0 Å². The summed E-state index contributed by atoms with van der Waals surface area (Å²) in [4.78, 5) is 4.39. The molecule has 1 aliphatic carbocycles. The number of hydrogen-bond acceptors (Lipinski definition) is 2. The lowest BCUT2D eigenvalue weighted by atomic mass is 10.1. The summed E-state index contributed by atoms with van der Waals surface area (Å²) in [7, 11) is 0. The molecule has 0 saturated carbocycles. The molecule has 0 atom stereocenters. The van der Waals surface area contributed by atoms with Crippen molar-refractivity contribution in [1.29, 1.82) is 5.41 Å². The molecule has 0 fully saturated rings. The summed E-state index contributed by atoms with van der Waals surface area (Å²) in [6.45, 7) is 0.636. The van der Waals surface area contributed by atoms with Crippen molar-refractivity contribution in [1.82, 2.24) is 0 Å². The van der Waals surface area contributed by atoms with Crippen LogP contribution in [0.3, 0.4) is 0 Å². The summed E-state index contributed by atoms with van der Waals surface area (Å²) in [5, 5.41) is 7.64. The monoisotopic (exact) mass is 196 g/mol. The molecule has 0 saturated heterocycles. The maximum absolute atomic E-state index is 7.64. The molecule has 0 aliphatic heterocycles. The Balaban J connectivity index is 2.09. The van der Waals surface area contributed by atoms with Crippen molar-refractivity contribution in [2.24, 2.45) is 4.99 Å².